The van der Waals surface area contributed by atoms with Crippen molar-refractivity contribution < 1.29 is 46.1 Å². The highest BCUT2D eigenvalue weighted by Gasteiger charge is 2.25. The molecule has 10 aromatic rings. The molecule has 0 atom stereocenters. The predicted molar refractivity (Wildman–Crippen MR) is 273 cm³/mol. The molecule has 9 heterocycles. The Morgan fingerprint density at radius 3 is 1.58 bits per heavy atom. The lowest BCUT2D eigenvalue weighted by Gasteiger charge is -2.26. The second-order valence-corrected chi connectivity index (χ2v) is 19.1. The van der Waals surface area contributed by atoms with Gasteiger partial charge in [0, 0.05) is 83.4 Å². The number of aryl methyl sites for hydroxylation is 2. The fraction of sp³-hybridized carbons (Fsp3) is 0.255. The molecule has 8 aromatic heterocycles. The molecule has 2 amide bonds. The summed E-state index contributed by atoms with van der Waals surface area (Å²) in [5.74, 6) is 0.940. The molecule has 2 aromatic carbocycles. The second-order valence-electron chi connectivity index (χ2n) is 19.1. The Labute approximate surface area is 440 Å². The number of halogens is 4. The lowest BCUT2D eigenvalue weighted by atomic mass is 9.97. The molecule has 402 valence electrons. The number of nitrogens with zero attached hydrogens (tertiary/aromatic N) is 14. The Kier molecular flexibility index (Phi) is 14.5. The summed E-state index contributed by atoms with van der Waals surface area (Å²) >= 11 is 0. The Bertz CT molecular complexity index is 3760. The first-order valence-electron chi connectivity index (χ1n) is 24.0. The third-order valence-corrected chi connectivity index (χ3v) is 11.7. The van der Waals surface area contributed by atoms with Crippen molar-refractivity contribution in [3.05, 3.63) is 134 Å². The number of alkyl halides is 4. The number of carbonyl (C=O) groups is 2. The van der Waals surface area contributed by atoms with Crippen LogP contribution in [0.1, 0.15) is 41.5 Å². The number of hydrogen-bond acceptors (Lipinski definition) is 15. The van der Waals surface area contributed by atoms with Gasteiger partial charge in [-0.05, 0) is 53.9 Å². The van der Waals surface area contributed by atoms with E-state index in [2.05, 4.69) is 77.3 Å². The van der Waals surface area contributed by atoms with Crippen LogP contribution in [-0.4, -0.2) is 106 Å². The number of ether oxygens (including phenoxy) is 4. The Balaban J connectivity index is 0.000000176. The molecule has 27 heteroatoms. The Hall–Kier alpha value is -9.66. The van der Waals surface area contributed by atoms with Gasteiger partial charge in [0.1, 0.15) is 45.5 Å². The van der Waals surface area contributed by atoms with Crippen LogP contribution in [0, 0.1) is 11.3 Å². The minimum Gasteiger partial charge on any atom is -0.454 e. The van der Waals surface area contributed by atoms with Crippen molar-refractivity contribution in [1.29, 1.82) is 0 Å². The van der Waals surface area contributed by atoms with Gasteiger partial charge < -0.3 is 34.9 Å². The number of fused-ring (bicyclic) bond motifs is 2. The average Bonchev–Trinajstić information content (AvgIpc) is 4.35. The molecule has 0 bridgehead atoms. The maximum absolute atomic E-state index is 13.3. The van der Waals surface area contributed by atoms with Gasteiger partial charge in [-0.1, -0.05) is 20.8 Å². The maximum atomic E-state index is 13.3. The van der Waals surface area contributed by atoms with E-state index in [0.717, 1.165) is 19.6 Å². The van der Waals surface area contributed by atoms with Crippen LogP contribution in [0.15, 0.2) is 123 Å². The minimum atomic E-state index is -3.07. The van der Waals surface area contributed by atoms with Crippen LogP contribution in [0.4, 0.5) is 28.9 Å². The number of hydrogen-bond donors (Lipinski definition) is 3. The predicted octanol–water partition coefficient (Wildman–Crippen LogP) is 8.21. The number of nitrogens with one attached hydrogen (secondary N) is 3. The smallest absolute Gasteiger partial charge is 0.387 e. The number of aromatic nitrogens is 14. The third-order valence-electron chi connectivity index (χ3n) is 11.7. The first-order valence-corrected chi connectivity index (χ1v) is 24.0. The lowest BCUT2D eigenvalue weighted by molar-refractivity contribution is -0.0501. The molecule has 0 radical (unpaired) electrons. The second kappa shape index (κ2) is 21.9. The van der Waals surface area contributed by atoms with Crippen molar-refractivity contribution >= 4 is 34.5 Å². The molecule has 1 aliphatic rings. The van der Waals surface area contributed by atoms with Gasteiger partial charge in [-0.25, -0.2) is 19.0 Å². The minimum absolute atomic E-state index is 0.0179. The van der Waals surface area contributed by atoms with Crippen LogP contribution in [-0.2, 0) is 27.2 Å². The van der Waals surface area contributed by atoms with Crippen molar-refractivity contribution in [1.82, 2.24) is 73.6 Å². The molecule has 11 rings (SSSR count). The van der Waals surface area contributed by atoms with E-state index in [0.29, 0.717) is 46.8 Å². The van der Waals surface area contributed by atoms with Crippen molar-refractivity contribution in [2.75, 3.05) is 23.7 Å². The summed E-state index contributed by atoms with van der Waals surface area (Å²) in [5.41, 5.74) is 2.59. The van der Waals surface area contributed by atoms with E-state index in [9.17, 15) is 27.2 Å². The highest BCUT2D eigenvalue weighted by molar-refractivity contribution is 6.10. The van der Waals surface area contributed by atoms with Gasteiger partial charge in [-0.2, -0.15) is 48.2 Å². The molecular formula is C51H49F4N17O6. The summed E-state index contributed by atoms with van der Waals surface area (Å²) < 4.78 is 84.0. The lowest BCUT2D eigenvalue weighted by Crippen LogP contribution is -2.44. The molecule has 0 aliphatic carbocycles. The van der Waals surface area contributed by atoms with Gasteiger partial charge >= 0.3 is 13.2 Å². The molecule has 3 N–H and O–H groups in total. The largest absolute Gasteiger partial charge is 0.454 e. The Morgan fingerprint density at radius 1 is 0.654 bits per heavy atom. The summed E-state index contributed by atoms with van der Waals surface area (Å²) in [4.78, 5) is 34.7. The van der Waals surface area contributed by atoms with Crippen molar-refractivity contribution in [3.8, 4) is 57.0 Å². The van der Waals surface area contributed by atoms with Crippen molar-refractivity contribution in [2.24, 2.45) is 25.4 Å². The summed E-state index contributed by atoms with van der Waals surface area (Å²) in [7, 11) is 3.30. The van der Waals surface area contributed by atoms with Crippen molar-refractivity contribution in [2.45, 2.75) is 47.1 Å². The molecular weight excluding hydrogens is 1020 g/mol. The zero-order chi connectivity index (χ0) is 54.7. The molecule has 23 nitrogen and oxygen atoms in total. The molecule has 0 unspecified atom stereocenters. The number of amides is 2. The number of carbonyl (C=O) groups excluding carboxylic acids is 2. The maximum Gasteiger partial charge on any atom is 0.387 e. The van der Waals surface area contributed by atoms with Crippen LogP contribution in [0.25, 0.3) is 33.8 Å². The highest BCUT2D eigenvalue weighted by Crippen LogP contribution is 2.41. The van der Waals surface area contributed by atoms with E-state index in [-0.39, 0.29) is 61.9 Å². The van der Waals surface area contributed by atoms with Crippen LogP contribution in [0.5, 0.6) is 34.5 Å². The zero-order valence-corrected chi connectivity index (χ0v) is 42.3. The quantitative estimate of drug-likeness (QED) is 0.0728. The number of rotatable bonds is 17. The van der Waals surface area contributed by atoms with Gasteiger partial charge in [0.05, 0.1) is 59.7 Å². The number of anilines is 2. The molecule has 0 saturated carbocycles. The average molecular weight is 1070 g/mol. The van der Waals surface area contributed by atoms with Crippen LogP contribution < -0.4 is 34.9 Å². The van der Waals surface area contributed by atoms with Gasteiger partial charge in [0.15, 0.2) is 22.8 Å². The van der Waals surface area contributed by atoms with E-state index in [4.69, 9.17) is 18.9 Å². The van der Waals surface area contributed by atoms with E-state index in [1.165, 1.54) is 67.2 Å². The monoisotopic (exact) mass is 1070 g/mol. The SMILES string of the molecule is Cn1cc(NC(=O)c2cnn3cccnc23)c(-c2cc(Oc3cnn(CC(C)(C)C)c3)ccc2OC(F)F)n1.Cn1cc(NC(=O)c2cnn3cccnc23)c(-c2cc(Oc3cnn(CC4CNC4)c3)ccc2OC(F)F)n1. The first-order chi connectivity index (χ1) is 37.5. The van der Waals surface area contributed by atoms with Gasteiger partial charge in [0.25, 0.3) is 11.8 Å². The van der Waals surface area contributed by atoms with Gasteiger partial charge in [-0.15, -0.1) is 0 Å². The summed E-state index contributed by atoms with van der Waals surface area (Å²) in [6.07, 6.45) is 19.0. The summed E-state index contributed by atoms with van der Waals surface area (Å²) in [6, 6.07) is 12.2. The molecule has 1 aliphatic heterocycles. The van der Waals surface area contributed by atoms with Crippen LogP contribution in [0.3, 0.4) is 0 Å². The van der Waals surface area contributed by atoms with E-state index >= 15 is 0 Å². The van der Waals surface area contributed by atoms with Crippen molar-refractivity contribution in [3.63, 3.8) is 0 Å². The molecule has 78 heavy (non-hydrogen) atoms. The van der Waals surface area contributed by atoms with Gasteiger partial charge in [-0.3, -0.25) is 28.3 Å². The normalized spacial score (nSPS) is 12.7. The molecule has 1 saturated heterocycles. The number of benzene rings is 2. The summed E-state index contributed by atoms with van der Waals surface area (Å²) in [5, 5.41) is 34.5. The molecule has 1 fully saturated rings. The first kappa shape index (κ1) is 51.8. The highest BCUT2D eigenvalue weighted by atomic mass is 19.3. The van der Waals surface area contributed by atoms with E-state index in [1.807, 2.05) is 0 Å². The molecule has 0 spiro atoms. The standard InChI is InChI=1S/C26H26F2N8O3.C25H23F2N9O3/c1-26(2,3)15-35-13-17(11-30-35)38-16-6-7-21(39-25(27)28)18(10-16)22-20(14-34(4)33-22)32-24(37)19-12-31-36-9-5-8-29-23(19)36;1-34-14-20(32-24(37)19-11-31-36-6-2-5-29-23(19)36)22(33-34)18-7-16(3-4-21(18)39-25(26)27)38-17-10-30-35(13-17)12-15-8-28-9-15/h5-14,25H,15H2,1-4H3,(H,32,37);2-7,10-11,13-15,25,28H,8-9,12H2,1H3,(H,32,37). The fourth-order valence-electron chi connectivity index (χ4n) is 8.31. The van der Waals surface area contributed by atoms with Crippen LogP contribution in [0.2, 0.25) is 0 Å². The fourth-order valence-corrected chi connectivity index (χ4v) is 8.31. The van der Waals surface area contributed by atoms with Gasteiger partial charge in [0.2, 0.25) is 0 Å². The third kappa shape index (κ3) is 12.0. The topological polar surface area (TPSA) is 239 Å². The summed E-state index contributed by atoms with van der Waals surface area (Å²) in [6.45, 7) is 3.49. The van der Waals surface area contributed by atoms with E-state index in [1.54, 1.807) is 97.6 Å². The Morgan fingerprint density at radius 2 is 1.13 bits per heavy atom. The zero-order valence-electron chi connectivity index (χ0n) is 42.3. The van der Waals surface area contributed by atoms with Crippen LogP contribution >= 0.6 is 0 Å². The van der Waals surface area contributed by atoms with E-state index < -0.39 is 25.0 Å².